The summed E-state index contributed by atoms with van der Waals surface area (Å²) in [5, 5.41) is 12.4. The molecule has 0 bridgehead atoms. The number of nitrogens with one attached hydrogen (secondary N) is 1. The molecule has 0 radical (unpaired) electrons. The number of aliphatic hydroxyl groups is 1. The minimum atomic E-state index is -0.109. The average Bonchev–Trinajstić information content (AvgIpc) is 2.10. The Hall–Kier alpha value is -0.640. The van der Waals surface area contributed by atoms with Gasteiger partial charge in [-0.25, -0.2) is 0 Å². The molecule has 0 aliphatic rings. The number of hydrogen-bond acceptors (Lipinski definition) is 3. The maximum atomic E-state index is 8.91. The Morgan fingerprint density at radius 2 is 2.42 bits per heavy atom. The molecule has 1 rings (SSSR count). The third kappa shape index (κ3) is 2.17. The van der Waals surface area contributed by atoms with Crippen LogP contribution in [0.15, 0.2) is 18.3 Å². The van der Waals surface area contributed by atoms with E-state index in [-0.39, 0.29) is 12.6 Å². The third-order valence-electron chi connectivity index (χ3n) is 1.64. The predicted molar refractivity (Wildman–Crippen MR) is 48.1 cm³/mol. The van der Waals surface area contributed by atoms with Crippen LogP contribution in [0.5, 0.6) is 0 Å². The number of nitrogens with zero attached hydrogens (tertiary/aromatic N) is 1. The quantitative estimate of drug-likeness (QED) is 0.740. The lowest BCUT2D eigenvalue weighted by molar-refractivity contribution is 0.248. The van der Waals surface area contributed by atoms with Gasteiger partial charge >= 0.3 is 0 Å². The molecule has 4 heteroatoms. The van der Waals surface area contributed by atoms with E-state index >= 15 is 0 Å². The van der Waals surface area contributed by atoms with E-state index in [0.717, 1.165) is 5.69 Å². The fraction of sp³-hybridized carbons (Fsp3) is 0.375. The summed E-state index contributed by atoms with van der Waals surface area (Å²) < 4.78 is 0. The number of pyridine rings is 1. The SMILES string of the molecule is CN[C@H](CO)c1ccc(Cl)cn1. The zero-order chi connectivity index (χ0) is 8.97. The van der Waals surface area contributed by atoms with E-state index in [4.69, 9.17) is 16.7 Å². The maximum Gasteiger partial charge on any atom is 0.0727 e. The summed E-state index contributed by atoms with van der Waals surface area (Å²) in [6, 6.07) is 3.44. The van der Waals surface area contributed by atoms with E-state index in [1.165, 1.54) is 0 Å². The van der Waals surface area contributed by atoms with Gasteiger partial charge in [0.15, 0.2) is 0 Å². The molecule has 0 amide bonds. The van der Waals surface area contributed by atoms with Gasteiger partial charge in [0.1, 0.15) is 0 Å². The first kappa shape index (κ1) is 9.45. The lowest BCUT2D eigenvalue weighted by Gasteiger charge is -2.11. The van der Waals surface area contributed by atoms with Crippen LogP contribution < -0.4 is 5.32 Å². The van der Waals surface area contributed by atoms with Crippen LogP contribution in [0.3, 0.4) is 0 Å². The number of likely N-dealkylation sites (N-methyl/N-ethyl adjacent to an activating group) is 1. The highest BCUT2D eigenvalue weighted by Gasteiger charge is 2.07. The number of aromatic nitrogens is 1. The standard InChI is InChI=1S/C8H11ClN2O/c1-10-8(5-12)7-3-2-6(9)4-11-7/h2-4,8,10,12H,5H2,1H3/t8-/m1/s1. The molecule has 0 aliphatic carbocycles. The Bertz CT molecular complexity index is 233. The van der Waals surface area contributed by atoms with Crippen molar-refractivity contribution in [3.8, 4) is 0 Å². The van der Waals surface area contributed by atoms with Crippen LogP contribution in [0.1, 0.15) is 11.7 Å². The number of hydrogen-bond donors (Lipinski definition) is 2. The summed E-state index contributed by atoms with van der Waals surface area (Å²) in [7, 11) is 1.77. The van der Waals surface area contributed by atoms with Gasteiger partial charge in [0, 0.05) is 6.20 Å². The van der Waals surface area contributed by atoms with Gasteiger partial charge in [-0.05, 0) is 19.2 Å². The first-order valence-electron chi connectivity index (χ1n) is 3.67. The van der Waals surface area contributed by atoms with Gasteiger partial charge in [0.25, 0.3) is 0 Å². The molecular formula is C8H11ClN2O. The van der Waals surface area contributed by atoms with Crippen molar-refractivity contribution in [2.45, 2.75) is 6.04 Å². The summed E-state index contributed by atoms with van der Waals surface area (Å²) in [6.45, 7) is 0.0329. The Kier molecular flexibility index (Phi) is 3.47. The van der Waals surface area contributed by atoms with E-state index in [9.17, 15) is 0 Å². The number of rotatable bonds is 3. The van der Waals surface area contributed by atoms with Crippen molar-refractivity contribution < 1.29 is 5.11 Å². The van der Waals surface area contributed by atoms with Crippen molar-refractivity contribution in [2.24, 2.45) is 0 Å². The van der Waals surface area contributed by atoms with Gasteiger partial charge in [-0.3, -0.25) is 4.98 Å². The Balaban J connectivity index is 2.80. The zero-order valence-corrected chi connectivity index (χ0v) is 7.54. The summed E-state index contributed by atoms with van der Waals surface area (Å²) >= 11 is 5.66. The molecule has 0 fully saturated rings. The molecule has 0 saturated heterocycles. The first-order valence-corrected chi connectivity index (χ1v) is 4.05. The second-order valence-electron chi connectivity index (χ2n) is 2.43. The Morgan fingerprint density at radius 3 is 2.83 bits per heavy atom. The van der Waals surface area contributed by atoms with Crippen molar-refractivity contribution in [1.82, 2.24) is 10.3 Å². The van der Waals surface area contributed by atoms with Gasteiger partial charge in [0.05, 0.1) is 23.4 Å². The Morgan fingerprint density at radius 1 is 1.67 bits per heavy atom. The number of aliphatic hydroxyl groups excluding tert-OH is 1. The molecule has 1 aromatic rings. The van der Waals surface area contributed by atoms with Gasteiger partial charge in [-0.2, -0.15) is 0 Å². The van der Waals surface area contributed by atoms with Crippen molar-refractivity contribution in [1.29, 1.82) is 0 Å². The van der Waals surface area contributed by atoms with Crippen molar-refractivity contribution in [3.05, 3.63) is 29.0 Å². The van der Waals surface area contributed by atoms with Gasteiger partial charge in [-0.15, -0.1) is 0 Å². The summed E-state index contributed by atoms with van der Waals surface area (Å²) in [4.78, 5) is 4.07. The van der Waals surface area contributed by atoms with E-state index in [2.05, 4.69) is 10.3 Å². The average molecular weight is 187 g/mol. The van der Waals surface area contributed by atoms with Crippen molar-refractivity contribution in [2.75, 3.05) is 13.7 Å². The second kappa shape index (κ2) is 4.40. The molecule has 0 aromatic carbocycles. The second-order valence-corrected chi connectivity index (χ2v) is 2.86. The minimum absolute atomic E-state index is 0.0329. The normalized spacial score (nSPS) is 12.9. The maximum absolute atomic E-state index is 8.91. The molecular weight excluding hydrogens is 176 g/mol. The van der Waals surface area contributed by atoms with Crippen LogP contribution in [0, 0.1) is 0 Å². The molecule has 1 heterocycles. The van der Waals surface area contributed by atoms with Crippen molar-refractivity contribution >= 4 is 11.6 Å². The largest absolute Gasteiger partial charge is 0.394 e. The smallest absolute Gasteiger partial charge is 0.0727 e. The molecule has 0 aliphatic heterocycles. The van der Waals surface area contributed by atoms with Crippen LogP contribution in [-0.4, -0.2) is 23.7 Å². The minimum Gasteiger partial charge on any atom is -0.394 e. The molecule has 3 nitrogen and oxygen atoms in total. The fourth-order valence-corrected chi connectivity index (χ4v) is 1.04. The van der Waals surface area contributed by atoms with Crippen LogP contribution in [0.25, 0.3) is 0 Å². The lowest BCUT2D eigenvalue weighted by atomic mass is 10.2. The van der Waals surface area contributed by atoms with Crippen LogP contribution >= 0.6 is 11.6 Å². The van der Waals surface area contributed by atoms with Gasteiger partial charge < -0.3 is 10.4 Å². The van der Waals surface area contributed by atoms with Gasteiger partial charge in [0.2, 0.25) is 0 Å². The third-order valence-corrected chi connectivity index (χ3v) is 1.86. The lowest BCUT2D eigenvalue weighted by Crippen LogP contribution is -2.20. The topological polar surface area (TPSA) is 45.1 Å². The van der Waals surface area contributed by atoms with E-state index in [0.29, 0.717) is 5.02 Å². The summed E-state index contributed by atoms with van der Waals surface area (Å²) in [5.74, 6) is 0. The number of halogens is 1. The summed E-state index contributed by atoms with van der Waals surface area (Å²) in [5.41, 5.74) is 0.796. The van der Waals surface area contributed by atoms with Crippen LogP contribution in [0.2, 0.25) is 5.02 Å². The highest BCUT2D eigenvalue weighted by molar-refractivity contribution is 6.30. The predicted octanol–water partition coefficient (Wildman–Crippen LogP) is 0.988. The highest BCUT2D eigenvalue weighted by atomic mass is 35.5. The molecule has 0 unspecified atom stereocenters. The monoisotopic (exact) mass is 186 g/mol. The molecule has 1 atom stereocenters. The summed E-state index contributed by atoms with van der Waals surface area (Å²) in [6.07, 6.45) is 1.57. The molecule has 0 spiro atoms. The van der Waals surface area contributed by atoms with E-state index in [1.807, 2.05) is 0 Å². The molecule has 12 heavy (non-hydrogen) atoms. The highest BCUT2D eigenvalue weighted by Crippen LogP contribution is 2.11. The zero-order valence-electron chi connectivity index (χ0n) is 6.79. The molecule has 66 valence electrons. The fourth-order valence-electron chi connectivity index (χ4n) is 0.926. The van der Waals surface area contributed by atoms with Crippen LogP contribution in [0.4, 0.5) is 0 Å². The first-order chi connectivity index (χ1) is 5.77. The molecule has 1 aromatic heterocycles. The molecule has 0 saturated carbocycles. The van der Waals surface area contributed by atoms with E-state index in [1.54, 1.807) is 25.4 Å². The van der Waals surface area contributed by atoms with E-state index < -0.39 is 0 Å². The Labute approximate surface area is 76.4 Å². The van der Waals surface area contributed by atoms with Crippen molar-refractivity contribution in [3.63, 3.8) is 0 Å². The molecule has 2 N–H and O–H groups in total. The van der Waals surface area contributed by atoms with Crippen LogP contribution in [-0.2, 0) is 0 Å². The van der Waals surface area contributed by atoms with Gasteiger partial charge in [-0.1, -0.05) is 11.6 Å².